The van der Waals surface area contributed by atoms with Crippen LogP contribution < -0.4 is 15.8 Å². The third kappa shape index (κ3) is 3.80. The van der Waals surface area contributed by atoms with E-state index in [9.17, 15) is 13.6 Å². The highest BCUT2D eigenvalue weighted by Gasteiger charge is 2.18. The van der Waals surface area contributed by atoms with Crippen molar-refractivity contribution in [3.05, 3.63) is 64.5 Å². The van der Waals surface area contributed by atoms with Crippen molar-refractivity contribution >= 4 is 23.1 Å². The second kappa shape index (κ2) is 7.49. The maximum atomic E-state index is 13.2. The summed E-state index contributed by atoms with van der Waals surface area (Å²) in [5.74, 6) is -1.16. The summed E-state index contributed by atoms with van der Waals surface area (Å²) < 4.78 is 35.7. The molecule has 26 heavy (non-hydrogen) atoms. The van der Waals surface area contributed by atoms with Crippen LogP contribution in [-0.2, 0) is 6.54 Å². The molecule has 0 radical (unpaired) electrons. The molecule has 3 aromatic rings. The second-order valence-corrected chi connectivity index (χ2v) is 6.24. The monoisotopic (exact) mass is 375 g/mol. The highest BCUT2D eigenvalue weighted by atomic mass is 32.1. The Morgan fingerprint density at radius 2 is 1.85 bits per heavy atom. The van der Waals surface area contributed by atoms with Gasteiger partial charge in [-0.25, -0.2) is 8.78 Å². The van der Waals surface area contributed by atoms with Gasteiger partial charge in [-0.15, -0.1) is 0 Å². The van der Waals surface area contributed by atoms with Crippen LogP contribution in [-0.4, -0.2) is 17.4 Å². The predicted molar refractivity (Wildman–Crippen MR) is 96.0 cm³/mol. The van der Waals surface area contributed by atoms with E-state index in [1.54, 1.807) is 31.4 Å². The summed E-state index contributed by atoms with van der Waals surface area (Å²) in [6.45, 7) is -0.0251. The molecule has 0 aliphatic heterocycles. The molecule has 1 amide bonds. The van der Waals surface area contributed by atoms with E-state index < -0.39 is 17.5 Å². The van der Waals surface area contributed by atoms with Gasteiger partial charge in [0, 0.05) is 18.2 Å². The number of benzene rings is 2. The topological polar surface area (TPSA) is 77.2 Å². The molecule has 2 aromatic carbocycles. The van der Waals surface area contributed by atoms with Gasteiger partial charge in [0.25, 0.3) is 5.91 Å². The van der Waals surface area contributed by atoms with Crippen LogP contribution in [0.15, 0.2) is 42.5 Å². The minimum atomic E-state index is -0.701. The van der Waals surface area contributed by atoms with Crippen molar-refractivity contribution in [3.63, 3.8) is 0 Å². The molecule has 5 nitrogen and oxygen atoms in total. The minimum Gasteiger partial charge on any atom is -0.497 e. The van der Waals surface area contributed by atoms with Gasteiger partial charge in [0.2, 0.25) is 0 Å². The average molecular weight is 375 g/mol. The number of ether oxygens (including phenoxy) is 1. The first-order chi connectivity index (χ1) is 12.5. The number of rotatable bonds is 5. The fourth-order valence-electron chi connectivity index (χ4n) is 2.39. The molecule has 0 saturated heterocycles. The third-order valence-electron chi connectivity index (χ3n) is 3.67. The first-order valence-electron chi connectivity index (χ1n) is 7.60. The zero-order valence-corrected chi connectivity index (χ0v) is 14.6. The van der Waals surface area contributed by atoms with Crippen LogP contribution in [0.4, 0.5) is 14.5 Å². The summed E-state index contributed by atoms with van der Waals surface area (Å²) in [4.78, 5) is 12.6. The Bertz CT molecular complexity index is 922. The van der Waals surface area contributed by atoms with Crippen molar-refractivity contribution in [2.45, 2.75) is 6.54 Å². The summed E-state index contributed by atoms with van der Waals surface area (Å²) in [7, 11) is 1.57. The highest BCUT2D eigenvalue weighted by molar-refractivity contribution is 7.09. The van der Waals surface area contributed by atoms with Gasteiger partial charge in [-0.1, -0.05) is 0 Å². The lowest BCUT2D eigenvalue weighted by atomic mass is 10.1. The number of nitrogens with one attached hydrogen (secondary N) is 1. The number of carbonyl (C=O) groups excluding carboxylic acids is 1. The number of aromatic nitrogens is 1. The first-order valence-corrected chi connectivity index (χ1v) is 8.38. The molecule has 134 valence electrons. The molecule has 1 heterocycles. The highest BCUT2D eigenvalue weighted by Crippen LogP contribution is 2.31. The Morgan fingerprint density at radius 3 is 2.46 bits per heavy atom. The van der Waals surface area contributed by atoms with Gasteiger partial charge >= 0.3 is 0 Å². The largest absolute Gasteiger partial charge is 0.497 e. The molecule has 3 rings (SSSR count). The van der Waals surface area contributed by atoms with Gasteiger partial charge in [-0.2, -0.15) is 4.37 Å². The van der Waals surface area contributed by atoms with Gasteiger partial charge < -0.3 is 15.8 Å². The van der Waals surface area contributed by atoms with E-state index in [1.807, 2.05) is 0 Å². The Hall–Kier alpha value is -3.00. The average Bonchev–Trinajstić information content (AvgIpc) is 3.00. The number of amides is 1. The van der Waals surface area contributed by atoms with Gasteiger partial charge in [-0.05, 0) is 53.5 Å². The van der Waals surface area contributed by atoms with Gasteiger partial charge in [0.05, 0.1) is 12.8 Å². The van der Waals surface area contributed by atoms with Crippen molar-refractivity contribution in [1.82, 2.24) is 9.69 Å². The zero-order valence-electron chi connectivity index (χ0n) is 13.8. The molecule has 0 aliphatic rings. The van der Waals surface area contributed by atoms with Crippen LogP contribution in [0.25, 0.3) is 11.3 Å². The first kappa shape index (κ1) is 17.8. The number of nitrogens with zero attached hydrogens (tertiary/aromatic N) is 1. The lowest BCUT2D eigenvalue weighted by Gasteiger charge is -2.06. The van der Waals surface area contributed by atoms with E-state index in [-0.39, 0.29) is 17.1 Å². The van der Waals surface area contributed by atoms with Crippen molar-refractivity contribution in [1.29, 1.82) is 0 Å². The van der Waals surface area contributed by atoms with Gasteiger partial charge in [-0.3, -0.25) is 4.79 Å². The third-order valence-corrected chi connectivity index (χ3v) is 4.53. The van der Waals surface area contributed by atoms with Crippen LogP contribution in [0.5, 0.6) is 5.75 Å². The maximum Gasteiger partial charge on any atom is 0.265 e. The Morgan fingerprint density at radius 1 is 1.19 bits per heavy atom. The molecule has 1 aromatic heterocycles. The van der Waals surface area contributed by atoms with Crippen molar-refractivity contribution in [2.24, 2.45) is 0 Å². The normalized spacial score (nSPS) is 10.6. The number of methoxy groups -OCH3 is 1. The molecule has 0 saturated carbocycles. The SMILES string of the molecule is COc1ccc(-c2nsc(C(=O)NCc3cc(F)cc(F)c3)c2N)cc1. The molecule has 0 bridgehead atoms. The zero-order chi connectivity index (χ0) is 18.7. The van der Waals surface area contributed by atoms with Crippen molar-refractivity contribution in [2.75, 3.05) is 12.8 Å². The van der Waals surface area contributed by atoms with Crippen LogP contribution in [0.3, 0.4) is 0 Å². The Balaban J connectivity index is 1.74. The van der Waals surface area contributed by atoms with E-state index in [0.717, 1.165) is 35.3 Å². The maximum absolute atomic E-state index is 13.2. The summed E-state index contributed by atoms with van der Waals surface area (Å²) in [5.41, 5.74) is 7.88. The van der Waals surface area contributed by atoms with Crippen molar-refractivity contribution in [3.8, 4) is 17.0 Å². The van der Waals surface area contributed by atoms with Crippen molar-refractivity contribution < 1.29 is 18.3 Å². The summed E-state index contributed by atoms with van der Waals surface area (Å²) in [5, 5.41) is 2.59. The van der Waals surface area contributed by atoms with Gasteiger partial charge in [0.1, 0.15) is 28.0 Å². The minimum absolute atomic E-state index is 0.0251. The number of hydrogen-bond donors (Lipinski definition) is 2. The lowest BCUT2D eigenvalue weighted by Crippen LogP contribution is -2.22. The Labute approximate surface area is 152 Å². The molecular formula is C18H15F2N3O2S. The molecule has 0 fully saturated rings. The summed E-state index contributed by atoms with van der Waals surface area (Å²) in [6, 6.07) is 10.2. The van der Waals surface area contributed by atoms with Crippen LogP contribution in [0.2, 0.25) is 0 Å². The van der Waals surface area contributed by atoms with E-state index >= 15 is 0 Å². The standard InChI is InChI=1S/C18H15F2N3O2S/c1-25-14-4-2-11(3-5-14)16-15(21)17(26-23-16)18(24)22-9-10-6-12(19)8-13(20)7-10/h2-8H,9,21H2,1H3,(H,22,24). The summed E-state index contributed by atoms with van der Waals surface area (Å²) in [6.07, 6.45) is 0. The second-order valence-electron chi connectivity index (χ2n) is 5.46. The van der Waals surface area contributed by atoms with E-state index in [2.05, 4.69) is 9.69 Å². The fraction of sp³-hybridized carbons (Fsp3) is 0.111. The number of nitrogen functional groups attached to an aromatic ring is 1. The molecule has 3 N–H and O–H groups in total. The number of carbonyl (C=O) groups is 1. The molecule has 0 atom stereocenters. The number of anilines is 1. The smallest absolute Gasteiger partial charge is 0.265 e. The summed E-state index contributed by atoms with van der Waals surface area (Å²) >= 11 is 0.964. The Kier molecular flexibility index (Phi) is 5.13. The quantitative estimate of drug-likeness (QED) is 0.714. The lowest BCUT2D eigenvalue weighted by molar-refractivity contribution is 0.0955. The van der Waals surface area contributed by atoms with Gasteiger partial charge in [0.15, 0.2) is 0 Å². The van der Waals surface area contributed by atoms with Crippen LogP contribution >= 0.6 is 11.5 Å². The number of nitrogens with two attached hydrogens (primary N) is 1. The molecule has 0 unspecified atom stereocenters. The number of hydrogen-bond acceptors (Lipinski definition) is 5. The molecule has 8 heteroatoms. The molecule has 0 aliphatic carbocycles. The van der Waals surface area contributed by atoms with Crippen LogP contribution in [0.1, 0.15) is 15.2 Å². The van der Waals surface area contributed by atoms with E-state index in [0.29, 0.717) is 17.0 Å². The predicted octanol–water partition coefficient (Wildman–Crippen LogP) is 3.61. The molecular weight excluding hydrogens is 360 g/mol. The van der Waals surface area contributed by atoms with E-state index in [4.69, 9.17) is 10.5 Å². The fourth-order valence-corrected chi connectivity index (χ4v) is 3.13. The van der Waals surface area contributed by atoms with E-state index in [1.165, 1.54) is 0 Å². The molecule has 0 spiro atoms. The number of halogens is 2. The van der Waals surface area contributed by atoms with Crippen LogP contribution in [0, 0.1) is 11.6 Å².